The standard InChI is InChI=1S/C14H21N3/c1-4-5-11-9-7-15-8-12(9)17-13(16-11)10-6-14(10,2)3/h10,15H,4-8H2,1-3H3. The van der Waals surface area contributed by atoms with Crippen molar-refractivity contribution in [1.29, 1.82) is 0 Å². The Morgan fingerprint density at radius 2 is 2.06 bits per heavy atom. The molecule has 1 unspecified atom stereocenters. The largest absolute Gasteiger partial charge is 0.307 e. The first-order chi connectivity index (χ1) is 8.12. The van der Waals surface area contributed by atoms with Gasteiger partial charge in [-0.25, -0.2) is 9.97 Å². The van der Waals surface area contributed by atoms with Crippen LogP contribution in [0.15, 0.2) is 0 Å². The zero-order chi connectivity index (χ0) is 12.0. The Labute approximate surface area is 103 Å². The molecule has 0 bridgehead atoms. The van der Waals surface area contributed by atoms with Crippen LogP contribution in [0.1, 0.15) is 62.3 Å². The van der Waals surface area contributed by atoms with Gasteiger partial charge in [-0.15, -0.1) is 0 Å². The zero-order valence-electron chi connectivity index (χ0n) is 11.0. The minimum atomic E-state index is 0.420. The predicted molar refractivity (Wildman–Crippen MR) is 67.7 cm³/mol. The van der Waals surface area contributed by atoms with Crippen LogP contribution in [0.4, 0.5) is 0 Å². The highest BCUT2D eigenvalue weighted by Gasteiger charge is 2.48. The lowest BCUT2D eigenvalue weighted by molar-refractivity contribution is 0.604. The van der Waals surface area contributed by atoms with Crippen molar-refractivity contribution in [1.82, 2.24) is 15.3 Å². The van der Waals surface area contributed by atoms with E-state index in [-0.39, 0.29) is 0 Å². The van der Waals surface area contributed by atoms with E-state index in [9.17, 15) is 0 Å². The first kappa shape index (κ1) is 11.1. The smallest absolute Gasteiger partial charge is 0.132 e. The molecule has 1 aliphatic carbocycles. The lowest BCUT2D eigenvalue weighted by Gasteiger charge is -2.09. The molecule has 92 valence electrons. The van der Waals surface area contributed by atoms with E-state index >= 15 is 0 Å². The third-order valence-corrected chi connectivity index (χ3v) is 4.10. The van der Waals surface area contributed by atoms with Crippen LogP contribution in [0, 0.1) is 5.41 Å². The molecule has 1 aliphatic heterocycles. The molecule has 0 spiro atoms. The maximum absolute atomic E-state index is 4.84. The van der Waals surface area contributed by atoms with Crippen LogP contribution in [0.3, 0.4) is 0 Å². The number of rotatable bonds is 3. The van der Waals surface area contributed by atoms with Crippen LogP contribution in [-0.4, -0.2) is 9.97 Å². The number of nitrogens with one attached hydrogen (secondary N) is 1. The summed E-state index contributed by atoms with van der Waals surface area (Å²) < 4.78 is 0. The molecule has 2 heterocycles. The number of hydrogen-bond donors (Lipinski definition) is 1. The summed E-state index contributed by atoms with van der Waals surface area (Å²) in [6, 6.07) is 0. The van der Waals surface area contributed by atoms with Gasteiger partial charge in [-0.1, -0.05) is 27.2 Å². The second kappa shape index (κ2) is 3.77. The SMILES string of the molecule is CCCc1nc(C2CC2(C)C)nc2c1CNC2. The van der Waals surface area contributed by atoms with Gasteiger partial charge in [-0.3, -0.25) is 0 Å². The molecule has 1 saturated carbocycles. The highest BCUT2D eigenvalue weighted by Crippen LogP contribution is 2.57. The van der Waals surface area contributed by atoms with Crippen LogP contribution in [0.25, 0.3) is 0 Å². The summed E-state index contributed by atoms with van der Waals surface area (Å²) in [5.41, 5.74) is 4.33. The molecule has 0 saturated heterocycles. The number of aryl methyl sites for hydroxylation is 1. The highest BCUT2D eigenvalue weighted by atomic mass is 15.0. The highest BCUT2D eigenvalue weighted by molar-refractivity contribution is 5.31. The van der Waals surface area contributed by atoms with Crippen LogP contribution < -0.4 is 5.32 Å². The third kappa shape index (κ3) is 1.86. The number of nitrogens with zero attached hydrogens (tertiary/aromatic N) is 2. The first-order valence-corrected chi connectivity index (χ1v) is 6.71. The van der Waals surface area contributed by atoms with Gasteiger partial charge in [0.25, 0.3) is 0 Å². The van der Waals surface area contributed by atoms with Gasteiger partial charge in [0, 0.05) is 30.3 Å². The van der Waals surface area contributed by atoms with E-state index in [4.69, 9.17) is 9.97 Å². The van der Waals surface area contributed by atoms with E-state index in [0.29, 0.717) is 11.3 Å². The lowest BCUT2D eigenvalue weighted by Crippen LogP contribution is -2.06. The van der Waals surface area contributed by atoms with E-state index in [1.165, 1.54) is 23.4 Å². The normalized spacial score (nSPS) is 24.8. The van der Waals surface area contributed by atoms with E-state index in [1.807, 2.05) is 0 Å². The van der Waals surface area contributed by atoms with E-state index in [2.05, 4.69) is 26.1 Å². The van der Waals surface area contributed by atoms with Gasteiger partial charge in [0.1, 0.15) is 5.82 Å². The molecule has 3 rings (SSSR count). The zero-order valence-corrected chi connectivity index (χ0v) is 11.0. The maximum atomic E-state index is 4.84. The molecule has 2 aliphatic rings. The molecule has 1 aromatic heterocycles. The molecule has 0 amide bonds. The second-order valence-electron chi connectivity index (χ2n) is 6.05. The lowest BCUT2D eigenvalue weighted by atomic mass is 10.1. The molecule has 0 aromatic carbocycles. The van der Waals surface area contributed by atoms with Gasteiger partial charge in [0.2, 0.25) is 0 Å². The van der Waals surface area contributed by atoms with Crippen LogP contribution in [-0.2, 0) is 19.5 Å². The van der Waals surface area contributed by atoms with Gasteiger partial charge in [-0.05, 0) is 18.3 Å². The number of fused-ring (bicyclic) bond motifs is 1. The van der Waals surface area contributed by atoms with Crippen molar-refractivity contribution in [3.05, 3.63) is 22.8 Å². The summed E-state index contributed by atoms with van der Waals surface area (Å²) in [5.74, 6) is 1.69. The van der Waals surface area contributed by atoms with Crippen molar-refractivity contribution < 1.29 is 0 Å². The van der Waals surface area contributed by atoms with Gasteiger partial charge in [0.05, 0.1) is 5.69 Å². The van der Waals surface area contributed by atoms with Crippen LogP contribution in [0.5, 0.6) is 0 Å². The molecule has 1 fully saturated rings. The average Bonchev–Trinajstić information content (AvgIpc) is 2.74. The summed E-state index contributed by atoms with van der Waals surface area (Å²) in [5, 5.41) is 3.39. The van der Waals surface area contributed by atoms with Gasteiger partial charge < -0.3 is 5.32 Å². The maximum Gasteiger partial charge on any atom is 0.132 e. The Hall–Kier alpha value is -0.960. The monoisotopic (exact) mass is 231 g/mol. The van der Waals surface area contributed by atoms with Gasteiger partial charge >= 0.3 is 0 Å². The van der Waals surface area contributed by atoms with Crippen molar-refractivity contribution in [3.63, 3.8) is 0 Å². The van der Waals surface area contributed by atoms with Crippen molar-refractivity contribution in [2.45, 2.75) is 59.0 Å². The molecule has 0 radical (unpaired) electrons. The Morgan fingerprint density at radius 3 is 2.71 bits per heavy atom. The molecular weight excluding hydrogens is 210 g/mol. The summed E-state index contributed by atoms with van der Waals surface area (Å²) in [6.45, 7) is 8.73. The Balaban J connectivity index is 1.98. The minimum Gasteiger partial charge on any atom is -0.307 e. The van der Waals surface area contributed by atoms with Crippen molar-refractivity contribution in [2.75, 3.05) is 0 Å². The topological polar surface area (TPSA) is 37.8 Å². The summed E-state index contributed by atoms with van der Waals surface area (Å²) >= 11 is 0. The predicted octanol–water partition coefficient (Wildman–Crippen LogP) is 2.55. The minimum absolute atomic E-state index is 0.420. The summed E-state index contributed by atoms with van der Waals surface area (Å²) in [7, 11) is 0. The van der Waals surface area contributed by atoms with Crippen molar-refractivity contribution in [2.24, 2.45) is 5.41 Å². The molecule has 1 atom stereocenters. The van der Waals surface area contributed by atoms with E-state index < -0.39 is 0 Å². The Morgan fingerprint density at radius 1 is 1.29 bits per heavy atom. The van der Waals surface area contributed by atoms with E-state index in [0.717, 1.165) is 31.8 Å². The molecule has 1 N–H and O–H groups in total. The van der Waals surface area contributed by atoms with Crippen LogP contribution >= 0.6 is 0 Å². The molecule has 1 aromatic rings. The fourth-order valence-electron chi connectivity index (χ4n) is 2.77. The van der Waals surface area contributed by atoms with Crippen molar-refractivity contribution >= 4 is 0 Å². The van der Waals surface area contributed by atoms with Gasteiger partial charge in [0.15, 0.2) is 0 Å². The molecular formula is C14H21N3. The Kier molecular flexibility index (Phi) is 2.47. The molecule has 3 heteroatoms. The fourth-order valence-corrected chi connectivity index (χ4v) is 2.77. The summed E-state index contributed by atoms with van der Waals surface area (Å²) in [4.78, 5) is 9.62. The molecule has 17 heavy (non-hydrogen) atoms. The van der Waals surface area contributed by atoms with Crippen molar-refractivity contribution in [3.8, 4) is 0 Å². The second-order valence-corrected chi connectivity index (χ2v) is 6.05. The summed E-state index contributed by atoms with van der Waals surface area (Å²) in [6.07, 6.45) is 3.49. The molecule has 3 nitrogen and oxygen atoms in total. The quantitative estimate of drug-likeness (QED) is 0.868. The fraction of sp³-hybridized carbons (Fsp3) is 0.714. The first-order valence-electron chi connectivity index (χ1n) is 6.71. The average molecular weight is 231 g/mol. The van der Waals surface area contributed by atoms with E-state index in [1.54, 1.807) is 0 Å². The third-order valence-electron chi connectivity index (χ3n) is 4.10. The Bertz CT molecular complexity index is 451. The van der Waals surface area contributed by atoms with Gasteiger partial charge in [-0.2, -0.15) is 0 Å². The van der Waals surface area contributed by atoms with Crippen LogP contribution in [0.2, 0.25) is 0 Å². The number of aromatic nitrogens is 2. The number of hydrogen-bond acceptors (Lipinski definition) is 3.